The average molecular weight is 247 g/mol. The van der Waals surface area contributed by atoms with Crippen LogP contribution in [0.4, 0.5) is 5.69 Å². The number of rotatable bonds is 2. The monoisotopic (exact) mass is 247 g/mol. The van der Waals surface area contributed by atoms with E-state index in [4.69, 9.17) is 5.73 Å². The summed E-state index contributed by atoms with van der Waals surface area (Å²) >= 11 is 0. The number of anilines is 1. The predicted molar refractivity (Wildman–Crippen MR) is 78.2 cm³/mol. The first kappa shape index (κ1) is 13.4. The van der Waals surface area contributed by atoms with Crippen molar-refractivity contribution in [3.63, 3.8) is 0 Å². The van der Waals surface area contributed by atoms with Crippen molar-refractivity contribution in [3.8, 4) is 0 Å². The third kappa shape index (κ3) is 2.68. The van der Waals surface area contributed by atoms with Crippen LogP contribution in [-0.2, 0) is 0 Å². The Morgan fingerprint density at radius 3 is 2.33 bits per heavy atom. The Hall–Kier alpha value is -1.06. The lowest BCUT2D eigenvalue weighted by Crippen LogP contribution is -2.59. The maximum atomic E-state index is 5.96. The largest absolute Gasteiger partial charge is 0.362 e. The Labute approximate surface area is 111 Å². The standard InChI is InChI=1S/C15H25N3/c1-11-5-12(2)7-14(6-11)18-13(3)9-17(4)10-15(18)8-16/h5-7,13,15H,8-10,16H2,1-4H3. The number of hydrogen-bond acceptors (Lipinski definition) is 3. The SMILES string of the molecule is Cc1cc(C)cc(N2C(C)CN(C)CC2CN)c1. The van der Waals surface area contributed by atoms with Gasteiger partial charge in [0, 0.05) is 31.4 Å². The number of nitrogens with zero attached hydrogens (tertiary/aromatic N) is 2. The van der Waals surface area contributed by atoms with E-state index >= 15 is 0 Å². The Kier molecular flexibility index (Phi) is 3.93. The van der Waals surface area contributed by atoms with Crippen LogP contribution in [0.2, 0.25) is 0 Å². The summed E-state index contributed by atoms with van der Waals surface area (Å²) in [6.07, 6.45) is 0. The number of likely N-dealkylation sites (N-methyl/N-ethyl adjacent to an activating group) is 1. The van der Waals surface area contributed by atoms with Crippen molar-refractivity contribution in [2.24, 2.45) is 5.73 Å². The lowest BCUT2D eigenvalue weighted by Gasteiger charge is -2.46. The van der Waals surface area contributed by atoms with Gasteiger partial charge in [0.2, 0.25) is 0 Å². The molecule has 1 heterocycles. The highest BCUT2D eigenvalue weighted by molar-refractivity contribution is 5.53. The van der Waals surface area contributed by atoms with E-state index in [0.29, 0.717) is 18.6 Å². The number of piperazine rings is 1. The topological polar surface area (TPSA) is 32.5 Å². The van der Waals surface area contributed by atoms with Crippen LogP contribution < -0.4 is 10.6 Å². The maximum absolute atomic E-state index is 5.96. The van der Waals surface area contributed by atoms with Gasteiger partial charge in [-0.15, -0.1) is 0 Å². The fourth-order valence-corrected chi connectivity index (χ4v) is 3.17. The van der Waals surface area contributed by atoms with Gasteiger partial charge < -0.3 is 15.5 Å². The fourth-order valence-electron chi connectivity index (χ4n) is 3.17. The van der Waals surface area contributed by atoms with Crippen LogP contribution in [0.1, 0.15) is 18.1 Å². The second-order valence-corrected chi connectivity index (χ2v) is 5.71. The van der Waals surface area contributed by atoms with Gasteiger partial charge in [0.1, 0.15) is 0 Å². The first-order valence-corrected chi connectivity index (χ1v) is 6.76. The van der Waals surface area contributed by atoms with E-state index in [0.717, 1.165) is 13.1 Å². The second kappa shape index (κ2) is 5.29. The quantitative estimate of drug-likeness (QED) is 0.864. The van der Waals surface area contributed by atoms with Crippen LogP contribution in [0.15, 0.2) is 18.2 Å². The van der Waals surface area contributed by atoms with Crippen LogP contribution in [0.3, 0.4) is 0 Å². The maximum Gasteiger partial charge on any atom is 0.0542 e. The Balaban J connectivity index is 2.33. The first-order chi connectivity index (χ1) is 8.51. The minimum Gasteiger partial charge on any atom is -0.362 e. The normalized spacial score (nSPS) is 25.5. The molecule has 18 heavy (non-hydrogen) atoms. The van der Waals surface area contributed by atoms with Gasteiger partial charge in [-0.05, 0) is 51.1 Å². The molecule has 0 bridgehead atoms. The average Bonchev–Trinajstić information content (AvgIpc) is 2.26. The summed E-state index contributed by atoms with van der Waals surface area (Å²) < 4.78 is 0. The molecule has 0 amide bonds. The summed E-state index contributed by atoms with van der Waals surface area (Å²) in [6.45, 7) is 9.47. The molecule has 2 atom stereocenters. The minimum absolute atomic E-state index is 0.417. The zero-order valence-electron chi connectivity index (χ0n) is 12.0. The summed E-state index contributed by atoms with van der Waals surface area (Å²) in [5.74, 6) is 0. The van der Waals surface area contributed by atoms with Crippen LogP contribution in [0.25, 0.3) is 0 Å². The third-order valence-corrected chi connectivity index (χ3v) is 3.74. The van der Waals surface area contributed by atoms with Gasteiger partial charge in [-0.25, -0.2) is 0 Å². The molecule has 1 aromatic carbocycles. The van der Waals surface area contributed by atoms with Gasteiger partial charge >= 0.3 is 0 Å². The number of benzene rings is 1. The van der Waals surface area contributed by atoms with Crippen LogP contribution in [-0.4, -0.2) is 43.7 Å². The van der Waals surface area contributed by atoms with Gasteiger partial charge in [-0.2, -0.15) is 0 Å². The molecule has 1 fully saturated rings. The smallest absolute Gasteiger partial charge is 0.0542 e. The lowest BCUT2D eigenvalue weighted by molar-refractivity contribution is 0.235. The minimum atomic E-state index is 0.417. The second-order valence-electron chi connectivity index (χ2n) is 5.71. The van der Waals surface area contributed by atoms with Crippen LogP contribution in [0, 0.1) is 13.8 Å². The van der Waals surface area contributed by atoms with Gasteiger partial charge in [0.25, 0.3) is 0 Å². The predicted octanol–water partition coefficient (Wildman–Crippen LogP) is 1.77. The summed E-state index contributed by atoms with van der Waals surface area (Å²) in [5, 5.41) is 0. The summed E-state index contributed by atoms with van der Waals surface area (Å²) in [6, 6.07) is 7.70. The summed E-state index contributed by atoms with van der Waals surface area (Å²) in [4.78, 5) is 4.88. The highest BCUT2D eigenvalue weighted by Crippen LogP contribution is 2.26. The molecular weight excluding hydrogens is 222 g/mol. The molecule has 0 radical (unpaired) electrons. The molecule has 0 aromatic heterocycles. The zero-order chi connectivity index (χ0) is 13.3. The summed E-state index contributed by atoms with van der Waals surface area (Å²) in [7, 11) is 2.18. The molecule has 2 unspecified atom stereocenters. The molecule has 1 aliphatic heterocycles. The first-order valence-electron chi connectivity index (χ1n) is 6.76. The van der Waals surface area contributed by atoms with Gasteiger partial charge in [-0.3, -0.25) is 0 Å². The van der Waals surface area contributed by atoms with Crippen molar-refractivity contribution >= 4 is 5.69 Å². The van der Waals surface area contributed by atoms with Crippen molar-refractivity contribution < 1.29 is 0 Å². The van der Waals surface area contributed by atoms with E-state index in [9.17, 15) is 0 Å². The van der Waals surface area contributed by atoms with Crippen molar-refractivity contribution in [1.82, 2.24) is 4.90 Å². The van der Waals surface area contributed by atoms with Crippen LogP contribution >= 0.6 is 0 Å². The van der Waals surface area contributed by atoms with Crippen molar-refractivity contribution in [2.75, 3.05) is 31.6 Å². The van der Waals surface area contributed by atoms with Gasteiger partial charge in [0.15, 0.2) is 0 Å². The number of aryl methyl sites for hydroxylation is 2. The molecule has 100 valence electrons. The Morgan fingerprint density at radius 1 is 1.17 bits per heavy atom. The number of nitrogens with two attached hydrogens (primary N) is 1. The molecular formula is C15H25N3. The molecule has 0 saturated carbocycles. The van der Waals surface area contributed by atoms with Gasteiger partial charge in [-0.1, -0.05) is 6.07 Å². The highest BCUT2D eigenvalue weighted by Gasteiger charge is 2.29. The van der Waals surface area contributed by atoms with E-state index in [2.05, 4.69) is 55.8 Å². The molecule has 2 rings (SSSR count). The molecule has 0 aliphatic carbocycles. The molecule has 0 spiro atoms. The van der Waals surface area contributed by atoms with Gasteiger partial charge in [0.05, 0.1) is 6.04 Å². The van der Waals surface area contributed by atoms with E-state index < -0.39 is 0 Å². The fraction of sp³-hybridized carbons (Fsp3) is 0.600. The molecule has 2 N–H and O–H groups in total. The molecule has 1 aliphatic rings. The number of hydrogen-bond donors (Lipinski definition) is 1. The van der Waals surface area contributed by atoms with E-state index in [-0.39, 0.29) is 0 Å². The molecule has 1 aromatic rings. The zero-order valence-corrected chi connectivity index (χ0v) is 12.0. The van der Waals surface area contributed by atoms with Crippen molar-refractivity contribution in [2.45, 2.75) is 32.9 Å². The van der Waals surface area contributed by atoms with E-state index in [1.54, 1.807) is 0 Å². The summed E-state index contributed by atoms with van der Waals surface area (Å²) in [5.41, 5.74) is 9.94. The van der Waals surface area contributed by atoms with E-state index in [1.807, 2.05) is 0 Å². The van der Waals surface area contributed by atoms with Crippen LogP contribution in [0.5, 0.6) is 0 Å². The lowest BCUT2D eigenvalue weighted by atomic mass is 10.0. The molecule has 3 heteroatoms. The van der Waals surface area contributed by atoms with Crippen molar-refractivity contribution in [1.29, 1.82) is 0 Å². The molecule has 3 nitrogen and oxygen atoms in total. The molecule has 1 saturated heterocycles. The van der Waals surface area contributed by atoms with Crippen molar-refractivity contribution in [3.05, 3.63) is 29.3 Å². The van der Waals surface area contributed by atoms with E-state index in [1.165, 1.54) is 16.8 Å². The Bertz CT molecular complexity index is 396. The highest BCUT2D eigenvalue weighted by atomic mass is 15.3. The Morgan fingerprint density at radius 2 is 1.78 bits per heavy atom. The third-order valence-electron chi connectivity index (χ3n) is 3.74.